The van der Waals surface area contributed by atoms with Crippen LogP contribution in [0.4, 0.5) is 28.9 Å². The number of pyridine rings is 2. The number of ether oxygens (including phenoxy) is 1. The molecule has 0 bridgehead atoms. The summed E-state index contributed by atoms with van der Waals surface area (Å²) in [6.07, 6.45) is 5.38. The molecule has 2 aliphatic heterocycles. The van der Waals surface area contributed by atoms with Gasteiger partial charge in [-0.25, -0.2) is 84.6 Å². The minimum atomic E-state index is -3.92. The molecule has 0 amide bonds. The SMILES string of the molecule is CCCS(=O)(=O)Nc1ccc(F)c(C(=O)c2[nH]nc3ncc(-c4ccc(S(N)(=O)=O)c(C)c4)cc23)c1F.CCCS(=O)(=O)Nc1ccc(F)c(C(=O)c2nn(C3CCCCO3)c3ncc(B4OC(C)(C)C(C)(C)O4)cc23)c1F.Cc1cc(Br)ccc1S(=O)(=O)Cl.Cc1cc(Br)ccc1S(N)(=O)=O. The third-order valence-corrected chi connectivity index (χ3v) is 23.7. The number of nitrogens with zero attached hydrogens (tertiary/aromatic N) is 5. The van der Waals surface area contributed by atoms with E-state index in [4.69, 9.17) is 35.0 Å². The standard InChI is InChI=1S/C27H33BF2N4O6S.C23H21F2N5O5S2.C7H6BrClO2S.C7H8BrNO2S/c1-6-13-41(36,37)33-19-11-10-18(29)21(22(19)30)24(35)23-17-14-16(28-39-26(2,3)27(4,5)40-28)15-31-25(17)34(32-23)20-9-7-8-12-38-20;1-3-8-36(32,33)30-17-6-5-16(24)19(20(17)25)22(31)21-15-10-14(11-27-23(15)29-28-21)13-4-7-18(12(2)9-13)37(26,34)35;2*1-5-4-6(8)2-3-7(5)12(9,10)11/h10-11,14-15,20,33H,6-9,12-13H2,1-5H3;4-7,9-11,30H,3,8H2,1-2H3,(H2,26,34,35)(H,27,28,29);2-4H,1H3;2-4H,1H3,(H2,9,10,11). The minimum Gasteiger partial charge on any atom is -0.399 e. The largest absolute Gasteiger partial charge is 0.496 e. The second-order valence-electron chi connectivity index (χ2n) is 24.4. The molecular weight excluding hydrogens is 1590 g/mol. The lowest BCUT2D eigenvalue weighted by molar-refractivity contribution is -0.0371. The van der Waals surface area contributed by atoms with Crippen molar-refractivity contribution >= 4 is 149 Å². The van der Waals surface area contributed by atoms with E-state index < -0.39 is 131 Å². The number of aromatic amines is 1. The first-order valence-corrected chi connectivity index (χ1v) is 41.1. The molecule has 0 aliphatic carbocycles. The number of rotatable bonds is 18. The molecule has 6 heterocycles. The van der Waals surface area contributed by atoms with Crippen molar-refractivity contribution in [3.8, 4) is 11.1 Å². The smallest absolute Gasteiger partial charge is 0.399 e. The van der Waals surface area contributed by atoms with E-state index >= 15 is 13.2 Å². The van der Waals surface area contributed by atoms with Gasteiger partial charge in [0.05, 0.1) is 70.7 Å². The van der Waals surface area contributed by atoms with Gasteiger partial charge in [0, 0.05) is 49.7 Å². The number of carbonyl (C=O) groups is 2. The maximum Gasteiger partial charge on any atom is 0.496 e. The van der Waals surface area contributed by atoms with Gasteiger partial charge in [-0.15, -0.1) is 0 Å². The van der Waals surface area contributed by atoms with E-state index in [1.807, 2.05) is 32.4 Å². The number of nitrogens with two attached hydrogens (primary N) is 2. The first-order chi connectivity index (χ1) is 47.4. The Bertz CT molecular complexity index is 5270. The van der Waals surface area contributed by atoms with Crippen molar-refractivity contribution in [3.63, 3.8) is 0 Å². The predicted molar refractivity (Wildman–Crippen MR) is 385 cm³/mol. The summed E-state index contributed by atoms with van der Waals surface area (Å²) < 4.78 is 202. The molecule has 38 heteroatoms. The normalized spacial score (nSPS) is 15.4. The van der Waals surface area contributed by atoms with Crippen molar-refractivity contribution < 1.29 is 83.3 Å². The summed E-state index contributed by atoms with van der Waals surface area (Å²) in [7, 11) is -14.5. The summed E-state index contributed by atoms with van der Waals surface area (Å²) in [5, 5.41) is 21.4. The van der Waals surface area contributed by atoms with Crippen LogP contribution in [0.3, 0.4) is 0 Å². The summed E-state index contributed by atoms with van der Waals surface area (Å²) in [5.41, 5.74) is -1.24. The van der Waals surface area contributed by atoms with Crippen molar-refractivity contribution in [2.75, 3.05) is 27.6 Å². The number of halogens is 7. The highest BCUT2D eigenvalue weighted by molar-refractivity contribution is 9.10. The van der Waals surface area contributed by atoms with Crippen LogP contribution >= 0.6 is 42.5 Å². The van der Waals surface area contributed by atoms with E-state index in [1.54, 1.807) is 77.2 Å². The zero-order valence-electron chi connectivity index (χ0n) is 55.8. The highest BCUT2D eigenvalue weighted by Crippen LogP contribution is 2.38. The van der Waals surface area contributed by atoms with Crippen molar-refractivity contribution in [2.24, 2.45) is 10.3 Å². The Kier molecular flexibility index (Phi) is 25.0. The van der Waals surface area contributed by atoms with Gasteiger partial charge in [-0.2, -0.15) is 10.2 Å². The quantitative estimate of drug-likeness (QED) is 0.0230. The molecule has 0 spiro atoms. The van der Waals surface area contributed by atoms with Gasteiger partial charge in [0.15, 0.2) is 29.2 Å². The van der Waals surface area contributed by atoms with Crippen LogP contribution in [0.1, 0.15) is 129 Å². The Balaban J connectivity index is 0.000000196. The molecule has 102 heavy (non-hydrogen) atoms. The fourth-order valence-electron chi connectivity index (χ4n) is 10.5. The number of ketones is 2. The number of nitrogens with one attached hydrogen (secondary N) is 3. The number of fused-ring (bicyclic) bond motifs is 2. The van der Waals surface area contributed by atoms with Crippen molar-refractivity contribution in [3.05, 3.63) is 175 Å². The molecule has 1 unspecified atom stereocenters. The van der Waals surface area contributed by atoms with Gasteiger partial charge in [-0.1, -0.05) is 57.8 Å². The van der Waals surface area contributed by atoms with E-state index in [0.717, 1.165) is 46.1 Å². The van der Waals surface area contributed by atoms with E-state index in [0.29, 0.717) is 52.0 Å². The van der Waals surface area contributed by atoms with Gasteiger partial charge < -0.3 is 14.0 Å². The van der Waals surface area contributed by atoms with Gasteiger partial charge in [-0.05, 0) is 182 Å². The number of hydrogen-bond donors (Lipinski definition) is 5. The molecule has 0 radical (unpaired) electrons. The third kappa shape index (κ3) is 18.9. The van der Waals surface area contributed by atoms with Crippen LogP contribution in [-0.4, -0.2) is 120 Å². The number of hydrogen-bond acceptors (Lipinski definition) is 19. The summed E-state index contributed by atoms with van der Waals surface area (Å²) in [4.78, 5) is 36.0. The van der Waals surface area contributed by atoms with Crippen LogP contribution in [0.5, 0.6) is 0 Å². The van der Waals surface area contributed by atoms with E-state index in [2.05, 4.69) is 61.8 Å². The molecule has 2 fully saturated rings. The maximum absolute atomic E-state index is 15.6. The minimum absolute atomic E-state index is 0.0511. The Morgan fingerprint density at radius 2 is 1.15 bits per heavy atom. The summed E-state index contributed by atoms with van der Waals surface area (Å²) in [6.45, 7) is 16.3. The molecule has 9 aromatic rings. The van der Waals surface area contributed by atoms with E-state index in [-0.39, 0.29) is 66.8 Å². The number of aromatic nitrogens is 6. The number of sulfonamides is 4. The summed E-state index contributed by atoms with van der Waals surface area (Å²) in [5.74, 6) is -7.77. The zero-order chi connectivity index (χ0) is 75.6. The molecule has 0 saturated carbocycles. The molecule has 5 aromatic carbocycles. The number of primary sulfonamides is 2. The Hall–Kier alpha value is -7.14. The topological polar surface area (TPSA) is 381 Å². The second-order valence-corrected chi connectivity index (χ2v) is 35.5. The maximum atomic E-state index is 15.6. The lowest BCUT2D eigenvalue weighted by Gasteiger charge is -2.32. The zero-order valence-corrected chi connectivity index (χ0v) is 63.8. The monoisotopic (exact) mass is 1660 g/mol. The van der Waals surface area contributed by atoms with Crippen LogP contribution in [0.2, 0.25) is 0 Å². The third-order valence-electron chi connectivity index (χ3n) is 16.1. The number of carbonyl (C=O) groups excluding carboxylic acids is 2. The lowest BCUT2D eigenvalue weighted by Crippen LogP contribution is -2.41. The van der Waals surface area contributed by atoms with Crippen molar-refractivity contribution in [2.45, 2.75) is 127 Å². The molecule has 2 saturated heterocycles. The number of anilines is 2. The Morgan fingerprint density at radius 3 is 1.62 bits per heavy atom. The number of H-pyrrole nitrogens is 1. The molecule has 11 rings (SSSR count). The number of benzene rings is 5. The molecule has 7 N–H and O–H groups in total. The van der Waals surface area contributed by atoms with Crippen LogP contribution in [0.25, 0.3) is 33.2 Å². The van der Waals surface area contributed by atoms with E-state index in [9.17, 15) is 56.1 Å². The molecule has 1 atom stereocenters. The fourth-order valence-corrected chi connectivity index (χ4v) is 16.5. The molecule has 546 valence electrons. The highest BCUT2D eigenvalue weighted by Gasteiger charge is 2.52. The number of aryl methyl sites for hydroxylation is 3. The first kappa shape index (κ1) is 80.5. The van der Waals surface area contributed by atoms with Gasteiger partial charge in [0.1, 0.15) is 23.0 Å². The molecule has 4 aromatic heterocycles. The van der Waals surface area contributed by atoms with Crippen molar-refractivity contribution in [1.82, 2.24) is 29.9 Å². The van der Waals surface area contributed by atoms with E-state index in [1.165, 1.54) is 41.2 Å². The fraction of sp³-hybridized carbons (Fsp3) is 0.312. The predicted octanol–water partition coefficient (Wildman–Crippen LogP) is 11.4. The molecular formula is C64H68BBr2ClF4N10O15S5. The summed E-state index contributed by atoms with van der Waals surface area (Å²) in [6, 6.07) is 20.7. The first-order valence-electron chi connectivity index (χ1n) is 30.8. The van der Waals surface area contributed by atoms with Crippen LogP contribution < -0.4 is 25.2 Å². The van der Waals surface area contributed by atoms with Crippen LogP contribution in [0.15, 0.2) is 127 Å². The average molecular weight is 1660 g/mol. The van der Waals surface area contributed by atoms with Gasteiger partial charge >= 0.3 is 7.12 Å². The van der Waals surface area contributed by atoms with Crippen LogP contribution in [0, 0.1) is 44.0 Å². The highest BCUT2D eigenvalue weighted by atomic mass is 79.9. The second kappa shape index (κ2) is 31.7. The van der Waals surface area contributed by atoms with Gasteiger partial charge in [0.25, 0.3) is 9.05 Å². The Morgan fingerprint density at radius 1 is 0.647 bits per heavy atom. The average Bonchev–Trinajstić information content (AvgIpc) is 1.58. The van der Waals surface area contributed by atoms with Crippen LogP contribution in [-0.2, 0) is 63.2 Å². The Labute approximate surface area is 608 Å². The molecule has 2 aliphatic rings. The lowest BCUT2D eigenvalue weighted by atomic mass is 9.80. The summed E-state index contributed by atoms with van der Waals surface area (Å²) >= 11 is 6.45. The molecule has 25 nitrogen and oxygen atoms in total. The van der Waals surface area contributed by atoms with Crippen molar-refractivity contribution in [1.29, 1.82) is 0 Å². The van der Waals surface area contributed by atoms with Gasteiger partial charge in [-0.3, -0.25) is 24.1 Å². The van der Waals surface area contributed by atoms with Gasteiger partial charge in [0.2, 0.25) is 51.7 Å².